The number of aliphatic hydroxyl groups is 1. The molecule has 0 saturated carbocycles. The van der Waals surface area contributed by atoms with Gasteiger partial charge in [0.1, 0.15) is 5.75 Å². The number of Topliss-reactive ketones (excluding diaryl/α,β-unsaturated/α-hetero) is 1. The molecule has 1 aromatic heterocycles. The van der Waals surface area contributed by atoms with Crippen LogP contribution in [-0.2, 0) is 9.59 Å². The molecule has 0 aliphatic carbocycles. The van der Waals surface area contributed by atoms with E-state index < -0.39 is 23.5 Å². The monoisotopic (exact) mass is 512 g/mol. The summed E-state index contributed by atoms with van der Waals surface area (Å²) >= 11 is 0. The van der Waals surface area contributed by atoms with Gasteiger partial charge in [0.15, 0.2) is 22.9 Å². The minimum atomic E-state index is -1.02. The molecular weight excluding hydrogens is 488 g/mol. The van der Waals surface area contributed by atoms with Gasteiger partial charge in [0.25, 0.3) is 5.91 Å². The maximum Gasteiger partial charge on any atom is 0.294 e. The molecule has 1 unspecified atom stereocenters. The number of hydrogen-bond donors (Lipinski definition) is 2. The number of benzene rings is 3. The van der Waals surface area contributed by atoms with E-state index in [1.54, 1.807) is 72.8 Å². The van der Waals surface area contributed by atoms with Crippen LogP contribution in [0.4, 0.5) is 11.4 Å². The predicted octanol–water partition coefficient (Wildman–Crippen LogP) is 5.19. The molecule has 9 heteroatoms. The van der Waals surface area contributed by atoms with Crippen LogP contribution in [0.25, 0.3) is 11.0 Å². The second-order valence-corrected chi connectivity index (χ2v) is 8.63. The Labute approximate surface area is 217 Å². The number of nitrogens with zero attached hydrogens (tertiary/aromatic N) is 1. The number of nitrogens with one attached hydrogen (secondary N) is 1. The molecule has 0 saturated heterocycles. The van der Waals surface area contributed by atoms with Crippen molar-refractivity contribution in [2.45, 2.75) is 13.0 Å². The standard InChI is InChI=1S/C29H24N2O7/c1-16(32)30-18-11-13-19(14-12-18)31-25(20-8-4-5-9-21(20)36-2)24(27(34)29(31)35)26(33)23-15-17-7-6-10-22(37-3)28(17)38-23/h4-15,25,34H,1-3H3,(H,30,32). The third-order valence-electron chi connectivity index (χ3n) is 6.30. The molecule has 9 nitrogen and oxygen atoms in total. The fraction of sp³-hybridized carbons (Fsp3) is 0.138. The number of anilines is 2. The summed E-state index contributed by atoms with van der Waals surface area (Å²) in [6, 6.07) is 19.2. The van der Waals surface area contributed by atoms with Crippen LogP contribution in [0, 0.1) is 0 Å². The van der Waals surface area contributed by atoms with Gasteiger partial charge in [0.2, 0.25) is 11.7 Å². The SMILES string of the molecule is COc1ccccc1C1C(C(=O)c2cc3cccc(OC)c3o2)=C(O)C(=O)N1c1ccc(NC(C)=O)cc1. The van der Waals surface area contributed by atoms with E-state index >= 15 is 0 Å². The zero-order valence-corrected chi connectivity index (χ0v) is 20.8. The quantitative estimate of drug-likeness (QED) is 0.327. The number of carbonyl (C=O) groups excluding carboxylic acids is 3. The van der Waals surface area contributed by atoms with Crippen molar-refractivity contribution < 1.29 is 33.4 Å². The maximum absolute atomic E-state index is 13.9. The fourth-order valence-corrected chi connectivity index (χ4v) is 4.64. The third kappa shape index (κ3) is 4.13. The molecule has 38 heavy (non-hydrogen) atoms. The van der Waals surface area contributed by atoms with Crippen molar-refractivity contribution >= 4 is 39.9 Å². The van der Waals surface area contributed by atoms with Gasteiger partial charge in [-0.1, -0.05) is 30.3 Å². The molecule has 1 aliphatic heterocycles. The number of furan rings is 1. The van der Waals surface area contributed by atoms with Crippen molar-refractivity contribution in [3.63, 3.8) is 0 Å². The summed E-state index contributed by atoms with van der Waals surface area (Å²) in [5.41, 5.74) is 1.66. The molecule has 0 spiro atoms. The van der Waals surface area contributed by atoms with Gasteiger partial charge in [-0.05, 0) is 42.5 Å². The Morgan fingerprint density at radius 2 is 1.63 bits per heavy atom. The zero-order chi connectivity index (χ0) is 27.0. The topological polar surface area (TPSA) is 118 Å². The second-order valence-electron chi connectivity index (χ2n) is 8.63. The van der Waals surface area contributed by atoms with Gasteiger partial charge < -0.3 is 24.3 Å². The molecule has 1 atom stereocenters. The summed E-state index contributed by atoms with van der Waals surface area (Å²) in [6.07, 6.45) is 0. The van der Waals surface area contributed by atoms with Gasteiger partial charge in [-0.2, -0.15) is 0 Å². The van der Waals surface area contributed by atoms with Crippen LogP contribution >= 0.6 is 0 Å². The molecule has 0 bridgehead atoms. The lowest BCUT2D eigenvalue weighted by atomic mass is 9.94. The number of carbonyl (C=O) groups is 3. The highest BCUT2D eigenvalue weighted by Gasteiger charge is 2.46. The Morgan fingerprint density at radius 1 is 0.947 bits per heavy atom. The molecule has 4 aromatic rings. The van der Waals surface area contributed by atoms with E-state index in [1.807, 2.05) is 0 Å². The minimum absolute atomic E-state index is 0.0541. The van der Waals surface area contributed by atoms with Gasteiger partial charge >= 0.3 is 0 Å². The first kappa shape index (κ1) is 24.6. The first-order valence-electron chi connectivity index (χ1n) is 11.7. The van der Waals surface area contributed by atoms with E-state index in [0.717, 1.165) is 0 Å². The highest BCUT2D eigenvalue weighted by Crippen LogP contribution is 2.45. The highest BCUT2D eigenvalue weighted by molar-refractivity contribution is 6.21. The molecule has 2 N–H and O–H groups in total. The minimum Gasteiger partial charge on any atom is -0.503 e. The Bertz CT molecular complexity index is 1600. The van der Waals surface area contributed by atoms with Crippen LogP contribution in [0.1, 0.15) is 29.1 Å². The molecule has 2 amide bonds. The van der Waals surface area contributed by atoms with E-state index in [0.29, 0.717) is 39.4 Å². The fourth-order valence-electron chi connectivity index (χ4n) is 4.64. The number of methoxy groups -OCH3 is 2. The molecule has 0 fully saturated rings. The first-order valence-corrected chi connectivity index (χ1v) is 11.7. The van der Waals surface area contributed by atoms with E-state index in [-0.39, 0.29) is 17.2 Å². The van der Waals surface area contributed by atoms with Crippen LogP contribution < -0.4 is 19.7 Å². The second kappa shape index (κ2) is 9.78. The lowest BCUT2D eigenvalue weighted by Gasteiger charge is -2.28. The molecule has 2 heterocycles. The lowest BCUT2D eigenvalue weighted by Crippen LogP contribution is -2.31. The number of ether oxygens (including phenoxy) is 2. The number of fused-ring (bicyclic) bond motifs is 1. The molecule has 0 radical (unpaired) electrons. The number of aliphatic hydroxyl groups excluding tert-OH is 1. The summed E-state index contributed by atoms with van der Waals surface area (Å²) in [6.45, 7) is 1.39. The Balaban J connectivity index is 1.64. The van der Waals surface area contributed by atoms with E-state index in [2.05, 4.69) is 5.32 Å². The van der Waals surface area contributed by atoms with Crippen molar-refractivity contribution in [3.8, 4) is 11.5 Å². The van der Waals surface area contributed by atoms with Crippen LogP contribution in [-0.4, -0.2) is 36.9 Å². The zero-order valence-electron chi connectivity index (χ0n) is 20.8. The van der Waals surface area contributed by atoms with Gasteiger partial charge in [0, 0.05) is 29.2 Å². The van der Waals surface area contributed by atoms with Crippen molar-refractivity contribution in [2.24, 2.45) is 0 Å². The van der Waals surface area contributed by atoms with E-state index in [4.69, 9.17) is 13.9 Å². The number of rotatable bonds is 7. The summed E-state index contributed by atoms with van der Waals surface area (Å²) in [5, 5.41) is 14.4. The van der Waals surface area contributed by atoms with Crippen LogP contribution in [0.5, 0.6) is 11.5 Å². The average Bonchev–Trinajstić information content (AvgIpc) is 3.47. The van der Waals surface area contributed by atoms with Gasteiger partial charge in [0.05, 0.1) is 25.8 Å². The van der Waals surface area contributed by atoms with E-state index in [9.17, 15) is 19.5 Å². The van der Waals surface area contributed by atoms with Crippen molar-refractivity contribution in [1.29, 1.82) is 0 Å². The van der Waals surface area contributed by atoms with Gasteiger partial charge in [-0.3, -0.25) is 19.3 Å². The smallest absolute Gasteiger partial charge is 0.294 e. The maximum atomic E-state index is 13.9. The van der Waals surface area contributed by atoms with Crippen molar-refractivity contribution in [1.82, 2.24) is 0 Å². The predicted molar refractivity (Wildman–Crippen MR) is 141 cm³/mol. The summed E-state index contributed by atoms with van der Waals surface area (Å²) in [4.78, 5) is 40.1. The average molecular weight is 513 g/mol. The highest BCUT2D eigenvalue weighted by atomic mass is 16.5. The van der Waals surface area contributed by atoms with Crippen LogP contribution in [0.3, 0.4) is 0 Å². The Kier molecular flexibility index (Phi) is 6.34. The molecule has 192 valence electrons. The summed E-state index contributed by atoms with van der Waals surface area (Å²) in [5.74, 6) is -1.52. The largest absolute Gasteiger partial charge is 0.503 e. The van der Waals surface area contributed by atoms with Gasteiger partial charge in [-0.15, -0.1) is 0 Å². The van der Waals surface area contributed by atoms with Crippen molar-refractivity contribution in [2.75, 3.05) is 24.4 Å². The number of para-hydroxylation sites is 2. The number of amides is 2. The lowest BCUT2D eigenvalue weighted by molar-refractivity contribution is -0.117. The van der Waals surface area contributed by atoms with Crippen LogP contribution in [0.2, 0.25) is 0 Å². The molecular formula is C29H24N2O7. The molecule has 3 aromatic carbocycles. The first-order chi connectivity index (χ1) is 18.3. The summed E-state index contributed by atoms with van der Waals surface area (Å²) in [7, 11) is 2.98. The Hall–Kier alpha value is -5.05. The van der Waals surface area contributed by atoms with Crippen molar-refractivity contribution in [3.05, 3.63) is 95.5 Å². The van der Waals surface area contributed by atoms with Crippen LogP contribution in [0.15, 0.2) is 88.5 Å². The third-order valence-corrected chi connectivity index (χ3v) is 6.30. The molecule has 1 aliphatic rings. The Morgan fingerprint density at radius 3 is 2.32 bits per heavy atom. The molecule has 5 rings (SSSR count). The number of hydrogen-bond acceptors (Lipinski definition) is 7. The summed E-state index contributed by atoms with van der Waals surface area (Å²) < 4.78 is 16.7. The normalized spacial score (nSPS) is 15.2. The van der Waals surface area contributed by atoms with Gasteiger partial charge in [-0.25, -0.2) is 0 Å². The van der Waals surface area contributed by atoms with E-state index in [1.165, 1.54) is 26.0 Å². The number of ketones is 1.